The number of benzene rings is 2. The molecule has 1 aliphatic rings. The van der Waals surface area contributed by atoms with Gasteiger partial charge in [0.1, 0.15) is 0 Å². The molecule has 1 aliphatic heterocycles. The maximum Gasteiger partial charge on any atom is 0.261 e. The van der Waals surface area contributed by atoms with Crippen molar-refractivity contribution < 1.29 is 18.7 Å². The summed E-state index contributed by atoms with van der Waals surface area (Å²) in [5, 5.41) is 0.812. The first-order chi connectivity index (χ1) is 12.5. The van der Waals surface area contributed by atoms with Crippen molar-refractivity contribution in [3.05, 3.63) is 65.1 Å². The molecule has 0 bridgehead atoms. The van der Waals surface area contributed by atoms with Gasteiger partial charge < -0.3 is 9.72 Å². The lowest BCUT2D eigenvalue weighted by atomic mass is 9.99. The normalized spacial score (nSPS) is 14.8. The number of ether oxygens (including phenoxy) is 1. The number of aromatic nitrogens is 1. The van der Waals surface area contributed by atoms with Gasteiger partial charge in [-0.25, -0.2) is 4.39 Å². The quantitative estimate of drug-likeness (QED) is 0.728. The number of hydrogen-bond donors (Lipinski definition) is 1. The molecule has 132 valence electrons. The molecule has 2 heterocycles. The highest BCUT2D eigenvalue weighted by atomic mass is 19.1. The molecule has 0 saturated carbocycles. The smallest absolute Gasteiger partial charge is 0.261 e. The van der Waals surface area contributed by atoms with E-state index in [1.54, 1.807) is 36.5 Å². The number of nitrogens with one attached hydrogen (secondary N) is 1. The first kappa shape index (κ1) is 16.3. The second-order valence-electron chi connectivity index (χ2n) is 6.44. The van der Waals surface area contributed by atoms with Gasteiger partial charge in [-0.1, -0.05) is 19.1 Å². The minimum Gasteiger partial charge on any atom is -0.494 e. The van der Waals surface area contributed by atoms with E-state index in [0.29, 0.717) is 16.6 Å². The maximum atomic E-state index is 13.9. The van der Waals surface area contributed by atoms with Crippen molar-refractivity contribution in [3.63, 3.8) is 0 Å². The number of carbonyl (C=O) groups excluding carboxylic acids is 2. The van der Waals surface area contributed by atoms with Crippen molar-refractivity contribution in [1.82, 2.24) is 9.88 Å². The lowest BCUT2D eigenvalue weighted by Gasteiger charge is -2.19. The molecule has 6 heteroatoms. The van der Waals surface area contributed by atoms with E-state index in [1.807, 2.05) is 6.92 Å². The number of methoxy groups -OCH3 is 1. The fourth-order valence-electron chi connectivity index (χ4n) is 3.49. The lowest BCUT2D eigenvalue weighted by molar-refractivity contribution is 0.0646. The number of aromatic amines is 1. The summed E-state index contributed by atoms with van der Waals surface area (Å²) >= 11 is 0. The SMILES string of the molecule is COc1cc2c([C@@H](C)CN3C(=O)c4ccccc4C3=O)c[nH]c2cc1F. The Bertz CT molecular complexity index is 1010. The van der Waals surface area contributed by atoms with Gasteiger partial charge in [0.25, 0.3) is 11.8 Å². The highest BCUT2D eigenvalue weighted by Gasteiger charge is 2.36. The standard InChI is InChI=1S/C20H17FN2O3/c1-11(10-23-19(24)12-5-3-4-6-13(12)20(23)25)15-9-22-17-8-16(21)18(26-2)7-14(15)17/h3-9,11,22H,10H2,1-2H3/t11-/m0/s1. The molecular weight excluding hydrogens is 335 g/mol. The van der Waals surface area contributed by atoms with Crippen molar-refractivity contribution in [2.45, 2.75) is 12.8 Å². The molecule has 1 N–H and O–H groups in total. The first-order valence-corrected chi connectivity index (χ1v) is 8.31. The third-order valence-corrected chi connectivity index (χ3v) is 4.85. The number of halogens is 1. The van der Waals surface area contributed by atoms with Gasteiger partial charge in [0.15, 0.2) is 11.6 Å². The molecule has 0 radical (unpaired) electrons. The second kappa shape index (κ2) is 5.98. The average molecular weight is 352 g/mol. The van der Waals surface area contributed by atoms with Gasteiger partial charge in [-0.2, -0.15) is 0 Å². The van der Waals surface area contributed by atoms with E-state index < -0.39 is 5.82 Å². The summed E-state index contributed by atoms with van der Waals surface area (Å²) in [6, 6.07) is 9.84. The number of carbonyl (C=O) groups is 2. The van der Waals surface area contributed by atoms with Crippen LogP contribution in [0, 0.1) is 5.82 Å². The van der Waals surface area contributed by atoms with Crippen LogP contribution in [0.15, 0.2) is 42.6 Å². The number of nitrogens with zero attached hydrogens (tertiary/aromatic N) is 1. The highest BCUT2D eigenvalue weighted by Crippen LogP contribution is 2.32. The van der Waals surface area contributed by atoms with Crippen molar-refractivity contribution in [2.24, 2.45) is 0 Å². The Morgan fingerprint density at radius 1 is 1.15 bits per heavy atom. The monoisotopic (exact) mass is 352 g/mol. The predicted octanol–water partition coefficient (Wildman–Crippen LogP) is 3.72. The average Bonchev–Trinajstić information content (AvgIpc) is 3.15. The molecule has 3 aromatic rings. The Morgan fingerprint density at radius 3 is 2.42 bits per heavy atom. The fraction of sp³-hybridized carbons (Fsp3) is 0.200. The van der Waals surface area contributed by atoms with Gasteiger partial charge >= 0.3 is 0 Å². The van der Waals surface area contributed by atoms with E-state index in [9.17, 15) is 14.0 Å². The molecule has 26 heavy (non-hydrogen) atoms. The molecule has 0 spiro atoms. The van der Waals surface area contributed by atoms with Crippen LogP contribution in [0.3, 0.4) is 0 Å². The summed E-state index contributed by atoms with van der Waals surface area (Å²) in [6.45, 7) is 2.18. The van der Waals surface area contributed by atoms with Crippen LogP contribution < -0.4 is 4.74 Å². The van der Waals surface area contributed by atoms with Crippen molar-refractivity contribution in [2.75, 3.05) is 13.7 Å². The van der Waals surface area contributed by atoms with Crippen molar-refractivity contribution in [3.8, 4) is 5.75 Å². The molecule has 0 aliphatic carbocycles. The third-order valence-electron chi connectivity index (χ3n) is 4.85. The summed E-state index contributed by atoms with van der Waals surface area (Å²) in [5.74, 6) is -0.962. The number of fused-ring (bicyclic) bond motifs is 2. The molecule has 4 rings (SSSR count). The Labute approximate surface area is 149 Å². The number of rotatable bonds is 4. The van der Waals surface area contributed by atoms with Crippen LogP contribution in [0.1, 0.15) is 39.1 Å². The zero-order valence-corrected chi connectivity index (χ0v) is 14.4. The van der Waals surface area contributed by atoms with E-state index in [4.69, 9.17) is 4.74 Å². The van der Waals surface area contributed by atoms with Gasteiger partial charge in [0.05, 0.1) is 18.2 Å². The summed E-state index contributed by atoms with van der Waals surface area (Å²) in [5.41, 5.74) is 2.42. The largest absolute Gasteiger partial charge is 0.494 e. The van der Waals surface area contributed by atoms with E-state index in [-0.39, 0.29) is 30.0 Å². The number of imide groups is 1. The summed E-state index contributed by atoms with van der Waals surface area (Å²) in [6.07, 6.45) is 1.78. The number of amides is 2. The summed E-state index contributed by atoms with van der Waals surface area (Å²) in [7, 11) is 1.42. The summed E-state index contributed by atoms with van der Waals surface area (Å²) < 4.78 is 18.9. The zero-order valence-electron chi connectivity index (χ0n) is 14.4. The molecule has 1 atom stereocenters. The lowest BCUT2D eigenvalue weighted by Crippen LogP contribution is -2.33. The molecule has 0 fully saturated rings. The van der Waals surface area contributed by atoms with Crippen LogP contribution in [-0.4, -0.2) is 35.4 Å². The van der Waals surface area contributed by atoms with Crippen molar-refractivity contribution in [1.29, 1.82) is 0 Å². The van der Waals surface area contributed by atoms with Gasteiger partial charge in [-0.05, 0) is 23.8 Å². The van der Waals surface area contributed by atoms with E-state index in [2.05, 4.69) is 4.98 Å². The van der Waals surface area contributed by atoms with E-state index in [1.165, 1.54) is 18.1 Å². The Kier molecular flexibility index (Phi) is 3.76. The van der Waals surface area contributed by atoms with Gasteiger partial charge in [0, 0.05) is 35.6 Å². The number of H-pyrrole nitrogens is 1. The molecule has 1 aromatic heterocycles. The van der Waals surface area contributed by atoms with Gasteiger partial charge in [-0.3, -0.25) is 14.5 Å². The van der Waals surface area contributed by atoms with Gasteiger partial charge in [-0.15, -0.1) is 0 Å². The van der Waals surface area contributed by atoms with Crippen molar-refractivity contribution >= 4 is 22.7 Å². The molecule has 2 aromatic carbocycles. The third kappa shape index (κ3) is 2.37. The zero-order chi connectivity index (χ0) is 18.4. The van der Waals surface area contributed by atoms with Crippen LogP contribution in [0.4, 0.5) is 4.39 Å². The maximum absolute atomic E-state index is 13.9. The minimum absolute atomic E-state index is 0.124. The van der Waals surface area contributed by atoms with Gasteiger partial charge in [0.2, 0.25) is 0 Å². The molecule has 0 saturated heterocycles. The summed E-state index contributed by atoms with van der Waals surface area (Å²) in [4.78, 5) is 29.4. The topological polar surface area (TPSA) is 62.4 Å². The first-order valence-electron chi connectivity index (χ1n) is 8.31. The highest BCUT2D eigenvalue weighted by molar-refractivity contribution is 6.21. The Hall–Kier alpha value is -3.15. The Morgan fingerprint density at radius 2 is 1.81 bits per heavy atom. The van der Waals surface area contributed by atoms with E-state index in [0.717, 1.165) is 10.9 Å². The molecule has 2 amide bonds. The van der Waals surface area contributed by atoms with Crippen LogP contribution in [0.5, 0.6) is 5.75 Å². The minimum atomic E-state index is -0.443. The van der Waals surface area contributed by atoms with Crippen LogP contribution >= 0.6 is 0 Å². The van der Waals surface area contributed by atoms with E-state index >= 15 is 0 Å². The Balaban J connectivity index is 1.65. The second-order valence-corrected chi connectivity index (χ2v) is 6.44. The molecular formula is C20H17FN2O3. The van der Waals surface area contributed by atoms with Crippen LogP contribution in [0.2, 0.25) is 0 Å². The van der Waals surface area contributed by atoms with Crippen LogP contribution in [-0.2, 0) is 0 Å². The predicted molar refractivity (Wildman–Crippen MR) is 95.0 cm³/mol. The molecule has 5 nitrogen and oxygen atoms in total. The molecule has 0 unspecified atom stereocenters. The van der Waals surface area contributed by atoms with Crippen LogP contribution in [0.25, 0.3) is 10.9 Å². The number of hydrogen-bond acceptors (Lipinski definition) is 3. The fourth-order valence-corrected chi connectivity index (χ4v) is 3.49.